The summed E-state index contributed by atoms with van der Waals surface area (Å²) in [7, 11) is 0. The number of hydrogen-bond acceptors (Lipinski definition) is 2. The van der Waals surface area contributed by atoms with E-state index in [0.717, 1.165) is 38.1 Å². The third kappa shape index (κ3) is 4.03. The average molecular weight is 279 g/mol. The highest BCUT2D eigenvalue weighted by Crippen LogP contribution is 2.33. The van der Waals surface area contributed by atoms with Crippen LogP contribution in [0.15, 0.2) is 18.2 Å². The molecule has 1 aliphatic heterocycles. The SMILES string of the molecule is Cc1ccc(C2OCCCC2CNCC(C)C)cc1F. The summed E-state index contributed by atoms with van der Waals surface area (Å²) >= 11 is 0. The first-order valence-electron chi connectivity index (χ1n) is 7.66. The molecule has 0 saturated carbocycles. The van der Waals surface area contributed by atoms with Crippen molar-refractivity contribution in [3.05, 3.63) is 35.1 Å². The molecule has 1 aromatic carbocycles. The highest BCUT2D eigenvalue weighted by Gasteiger charge is 2.27. The maximum atomic E-state index is 13.7. The quantitative estimate of drug-likeness (QED) is 0.884. The van der Waals surface area contributed by atoms with Crippen molar-refractivity contribution in [2.24, 2.45) is 11.8 Å². The smallest absolute Gasteiger partial charge is 0.126 e. The van der Waals surface area contributed by atoms with Crippen LogP contribution in [0.5, 0.6) is 0 Å². The van der Waals surface area contributed by atoms with Gasteiger partial charge in [0.15, 0.2) is 0 Å². The standard InChI is InChI=1S/C17H26FNO/c1-12(2)10-19-11-15-5-4-8-20-17(15)14-7-6-13(3)16(18)9-14/h6-7,9,12,15,17,19H,4-5,8,10-11H2,1-3H3. The molecule has 0 spiro atoms. The van der Waals surface area contributed by atoms with Crippen molar-refractivity contribution in [1.29, 1.82) is 0 Å². The minimum Gasteiger partial charge on any atom is -0.373 e. The van der Waals surface area contributed by atoms with Gasteiger partial charge >= 0.3 is 0 Å². The van der Waals surface area contributed by atoms with Crippen LogP contribution in [0, 0.1) is 24.6 Å². The van der Waals surface area contributed by atoms with E-state index in [4.69, 9.17) is 4.74 Å². The second-order valence-corrected chi connectivity index (χ2v) is 6.25. The van der Waals surface area contributed by atoms with Gasteiger partial charge in [-0.25, -0.2) is 4.39 Å². The summed E-state index contributed by atoms with van der Waals surface area (Å²) in [4.78, 5) is 0. The maximum absolute atomic E-state index is 13.7. The van der Waals surface area contributed by atoms with Crippen LogP contribution < -0.4 is 5.32 Å². The summed E-state index contributed by atoms with van der Waals surface area (Å²) in [5.41, 5.74) is 1.67. The number of rotatable bonds is 5. The molecule has 2 nitrogen and oxygen atoms in total. The molecule has 0 bridgehead atoms. The van der Waals surface area contributed by atoms with Gasteiger partial charge in [-0.05, 0) is 49.4 Å². The normalized spacial score (nSPS) is 23.2. The fraction of sp³-hybridized carbons (Fsp3) is 0.647. The molecule has 2 atom stereocenters. The van der Waals surface area contributed by atoms with Crippen LogP contribution in [0.3, 0.4) is 0 Å². The molecule has 1 aromatic rings. The zero-order chi connectivity index (χ0) is 14.5. The summed E-state index contributed by atoms with van der Waals surface area (Å²) in [6.45, 7) is 8.95. The molecule has 3 heteroatoms. The predicted molar refractivity (Wildman–Crippen MR) is 80.3 cm³/mol. The van der Waals surface area contributed by atoms with Gasteiger partial charge in [0, 0.05) is 19.1 Å². The van der Waals surface area contributed by atoms with Gasteiger partial charge in [0.25, 0.3) is 0 Å². The van der Waals surface area contributed by atoms with Gasteiger partial charge in [-0.2, -0.15) is 0 Å². The van der Waals surface area contributed by atoms with Gasteiger partial charge < -0.3 is 10.1 Å². The zero-order valence-electron chi connectivity index (χ0n) is 12.8. The van der Waals surface area contributed by atoms with E-state index < -0.39 is 0 Å². The van der Waals surface area contributed by atoms with Crippen molar-refractivity contribution < 1.29 is 9.13 Å². The van der Waals surface area contributed by atoms with E-state index in [1.165, 1.54) is 0 Å². The second kappa shape index (κ2) is 7.19. The second-order valence-electron chi connectivity index (χ2n) is 6.25. The Labute approximate surface area is 121 Å². The minimum atomic E-state index is -0.134. The van der Waals surface area contributed by atoms with E-state index in [0.29, 0.717) is 17.4 Å². The van der Waals surface area contributed by atoms with Gasteiger partial charge in [0.2, 0.25) is 0 Å². The zero-order valence-corrected chi connectivity index (χ0v) is 12.8. The van der Waals surface area contributed by atoms with Gasteiger partial charge in [0.1, 0.15) is 5.82 Å². The molecule has 0 aromatic heterocycles. The molecule has 1 aliphatic rings. The van der Waals surface area contributed by atoms with Crippen LogP contribution in [0.4, 0.5) is 4.39 Å². The molecule has 1 heterocycles. The molecule has 0 radical (unpaired) electrons. The van der Waals surface area contributed by atoms with Crippen LogP contribution in [0.2, 0.25) is 0 Å². The van der Waals surface area contributed by atoms with Crippen LogP contribution in [0.25, 0.3) is 0 Å². The molecule has 2 unspecified atom stereocenters. The number of benzene rings is 1. The Balaban J connectivity index is 2.03. The number of aryl methyl sites for hydroxylation is 1. The summed E-state index contributed by atoms with van der Waals surface area (Å²) < 4.78 is 19.7. The number of halogens is 1. The lowest BCUT2D eigenvalue weighted by Gasteiger charge is -2.32. The molecular formula is C17H26FNO. The van der Waals surface area contributed by atoms with Crippen LogP contribution >= 0.6 is 0 Å². The first-order chi connectivity index (χ1) is 9.58. The van der Waals surface area contributed by atoms with Crippen LogP contribution in [0.1, 0.15) is 43.9 Å². The van der Waals surface area contributed by atoms with E-state index in [2.05, 4.69) is 19.2 Å². The van der Waals surface area contributed by atoms with Crippen LogP contribution in [-0.4, -0.2) is 19.7 Å². The van der Waals surface area contributed by atoms with Crippen molar-refractivity contribution in [2.75, 3.05) is 19.7 Å². The Morgan fingerprint density at radius 2 is 2.20 bits per heavy atom. The third-order valence-electron chi connectivity index (χ3n) is 3.93. The Kier molecular flexibility index (Phi) is 5.55. The van der Waals surface area contributed by atoms with Gasteiger partial charge in [0.05, 0.1) is 6.10 Å². The monoisotopic (exact) mass is 279 g/mol. The largest absolute Gasteiger partial charge is 0.373 e. The Morgan fingerprint density at radius 1 is 1.40 bits per heavy atom. The predicted octanol–water partition coefficient (Wildman–Crippen LogP) is 3.85. The molecule has 0 amide bonds. The van der Waals surface area contributed by atoms with E-state index in [9.17, 15) is 4.39 Å². The lowest BCUT2D eigenvalue weighted by Crippen LogP contribution is -2.33. The van der Waals surface area contributed by atoms with E-state index in [-0.39, 0.29) is 11.9 Å². The van der Waals surface area contributed by atoms with Gasteiger partial charge in [-0.15, -0.1) is 0 Å². The van der Waals surface area contributed by atoms with Crippen molar-refractivity contribution in [1.82, 2.24) is 5.32 Å². The molecule has 1 fully saturated rings. The van der Waals surface area contributed by atoms with E-state index in [1.54, 1.807) is 13.0 Å². The Bertz CT molecular complexity index is 433. The average Bonchev–Trinajstić information content (AvgIpc) is 2.42. The molecule has 1 N–H and O–H groups in total. The lowest BCUT2D eigenvalue weighted by atomic mass is 9.89. The first kappa shape index (κ1) is 15.5. The molecule has 112 valence electrons. The van der Waals surface area contributed by atoms with Gasteiger partial charge in [-0.1, -0.05) is 26.0 Å². The van der Waals surface area contributed by atoms with Crippen molar-refractivity contribution in [3.8, 4) is 0 Å². The fourth-order valence-corrected chi connectivity index (χ4v) is 2.76. The fourth-order valence-electron chi connectivity index (χ4n) is 2.76. The summed E-state index contributed by atoms with van der Waals surface area (Å²) in [6.07, 6.45) is 2.27. The Morgan fingerprint density at radius 3 is 2.90 bits per heavy atom. The molecule has 20 heavy (non-hydrogen) atoms. The van der Waals surface area contributed by atoms with Crippen LogP contribution in [-0.2, 0) is 4.74 Å². The molecular weight excluding hydrogens is 253 g/mol. The summed E-state index contributed by atoms with van der Waals surface area (Å²) in [5.74, 6) is 0.949. The Hall–Kier alpha value is -0.930. The van der Waals surface area contributed by atoms with Gasteiger partial charge in [-0.3, -0.25) is 0 Å². The van der Waals surface area contributed by atoms with Crippen molar-refractivity contribution in [3.63, 3.8) is 0 Å². The number of hydrogen-bond donors (Lipinski definition) is 1. The summed E-state index contributed by atoms with van der Waals surface area (Å²) in [6, 6.07) is 5.49. The lowest BCUT2D eigenvalue weighted by molar-refractivity contribution is -0.0280. The highest BCUT2D eigenvalue weighted by atomic mass is 19.1. The van der Waals surface area contributed by atoms with E-state index in [1.807, 2.05) is 12.1 Å². The van der Waals surface area contributed by atoms with E-state index >= 15 is 0 Å². The minimum absolute atomic E-state index is 0.0264. The molecule has 0 aliphatic carbocycles. The number of nitrogens with one attached hydrogen (secondary N) is 1. The molecule has 2 rings (SSSR count). The molecule has 1 saturated heterocycles. The highest BCUT2D eigenvalue weighted by molar-refractivity contribution is 5.25. The topological polar surface area (TPSA) is 21.3 Å². The van der Waals surface area contributed by atoms with Crippen molar-refractivity contribution in [2.45, 2.75) is 39.7 Å². The third-order valence-corrected chi connectivity index (χ3v) is 3.93. The number of ether oxygens (including phenoxy) is 1. The van der Waals surface area contributed by atoms with Crippen molar-refractivity contribution >= 4 is 0 Å². The first-order valence-corrected chi connectivity index (χ1v) is 7.66. The summed E-state index contributed by atoms with van der Waals surface area (Å²) in [5, 5.41) is 3.51. The maximum Gasteiger partial charge on any atom is 0.126 e.